The second kappa shape index (κ2) is 6.56. The molecule has 2 heterocycles. The van der Waals surface area contributed by atoms with Gasteiger partial charge in [-0.05, 0) is 11.6 Å². The summed E-state index contributed by atoms with van der Waals surface area (Å²) in [6, 6.07) is 7.13. The molecule has 0 aliphatic heterocycles. The van der Waals surface area contributed by atoms with Gasteiger partial charge in [-0.15, -0.1) is 0 Å². The molecule has 3 rings (SSSR count). The first kappa shape index (κ1) is 18.7. The van der Waals surface area contributed by atoms with Crippen LogP contribution in [-0.2, 0) is 18.9 Å². The molecule has 3 aromatic rings. The summed E-state index contributed by atoms with van der Waals surface area (Å²) in [5.41, 5.74) is -0.917. The zero-order chi connectivity index (χ0) is 19.8. The van der Waals surface area contributed by atoms with Crippen LogP contribution in [0.5, 0.6) is 0 Å². The van der Waals surface area contributed by atoms with E-state index < -0.39 is 29.4 Å². The van der Waals surface area contributed by atoms with E-state index in [4.69, 9.17) is 0 Å². The fourth-order valence-corrected chi connectivity index (χ4v) is 2.23. The molecule has 0 spiro atoms. The average Bonchev–Trinajstić information content (AvgIpc) is 3.07. The molecule has 0 saturated heterocycles. The summed E-state index contributed by atoms with van der Waals surface area (Å²) in [5.74, 6) is -1.78. The minimum absolute atomic E-state index is 0.150. The molecule has 0 bridgehead atoms. The van der Waals surface area contributed by atoms with Gasteiger partial charge in [0, 0.05) is 17.8 Å². The van der Waals surface area contributed by atoms with E-state index >= 15 is 0 Å². The summed E-state index contributed by atoms with van der Waals surface area (Å²) in [7, 11) is 0. The summed E-state index contributed by atoms with van der Waals surface area (Å²) < 4.78 is 80.7. The maximum atomic E-state index is 12.7. The highest BCUT2D eigenvalue weighted by Crippen LogP contribution is 2.30. The molecule has 27 heavy (non-hydrogen) atoms. The minimum atomic E-state index is -4.77. The highest BCUT2D eigenvalue weighted by Gasteiger charge is 2.38. The average molecular weight is 389 g/mol. The third-order valence-electron chi connectivity index (χ3n) is 3.54. The van der Waals surface area contributed by atoms with Gasteiger partial charge in [0.2, 0.25) is 5.82 Å². The number of alkyl halides is 6. The maximum Gasteiger partial charge on any atom is 0.471 e. The Bertz CT molecular complexity index is 1000. The fraction of sp³-hybridized carbons (Fsp3) is 0.188. The third kappa shape index (κ3) is 4.18. The van der Waals surface area contributed by atoms with E-state index in [9.17, 15) is 31.1 Å². The normalized spacial score (nSPS) is 12.4. The molecule has 5 nitrogen and oxygen atoms in total. The fourth-order valence-electron chi connectivity index (χ4n) is 2.23. The predicted octanol–water partition coefficient (Wildman–Crippen LogP) is 3.98. The molecule has 0 aliphatic rings. The number of pyridine rings is 1. The Hall–Kier alpha value is -3.11. The molecular formula is C16H9F6N3O2. The molecule has 142 valence electrons. The van der Waals surface area contributed by atoms with Crippen LogP contribution in [0.25, 0.3) is 11.4 Å². The SMILES string of the molecule is O=c1ccc(C(F)(F)F)cn1Cc1ccc(-c2noc(C(F)(F)F)n2)cc1. The molecule has 0 atom stereocenters. The van der Waals surface area contributed by atoms with Gasteiger partial charge in [0.05, 0.1) is 12.1 Å². The number of nitrogens with zero attached hydrogens (tertiary/aromatic N) is 3. The van der Waals surface area contributed by atoms with E-state index in [1.165, 1.54) is 24.3 Å². The highest BCUT2D eigenvalue weighted by atomic mass is 19.4. The molecule has 11 heteroatoms. The Morgan fingerprint density at radius 1 is 0.926 bits per heavy atom. The molecule has 0 saturated carbocycles. The van der Waals surface area contributed by atoms with Crippen molar-refractivity contribution in [3.63, 3.8) is 0 Å². The Balaban J connectivity index is 1.83. The topological polar surface area (TPSA) is 60.9 Å². The molecule has 0 radical (unpaired) electrons. The highest BCUT2D eigenvalue weighted by molar-refractivity contribution is 5.54. The summed E-state index contributed by atoms with van der Waals surface area (Å²) >= 11 is 0. The first-order valence-corrected chi connectivity index (χ1v) is 7.32. The van der Waals surface area contributed by atoms with Crippen molar-refractivity contribution in [1.82, 2.24) is 14.7 Å². The number of hydrogen-bond donors (Lipinski definition) is 0. The molecule has 0 fully saturated rings. The Morgan fingerprint density at radius 3 is 2.15 bits per heavy atom. The van der Waals surface area contributed by atoms with Gasteiger partial charge in [0.1, 0.15) is 0 Å². The smallest absolute Gasteiger partial charge is 0.329 e. The summed E-state index contributed by atoms with van der Waals surface area (Å²) in [6.07, 6.45) is -8.66. The van der Waals surface area contributed by atoms with Gasteiger partial charge in [-0.25, -0.2) is 0 Å². The van der Waals surface area contributed by atoms with E-state index in [1.807, 2.05) is 0 Å². The summed E-state index contributed by atoms with van der Waals surface area (Å²) in [4.78, 5) is 15.0. The quantitative estimate of drug-likeness (QED) is 0.636. The molecule has 0 unspecified atom stereocenters. The van der Waals surface area contributed by atoms with E-state index in [0.29, 0.717) is 17.8 Å². The van der Waals surface area contributed by atoms with Gasteiger partial charge in [0.15, 0.2) is 0 Å². The van der Waals surface area contributed by atoms with Crippen molar-refractivity contribution in [2.75, 3.05) is 0 Å². The molecule has 0 N–H and O–H groups in total. The maximum absolute atomic E-state index is 12.7. The van der Waals surface area contributed by atoms with Crippen LogP contribution < -0.4 is 5.56 Å². The third-order valence-corrected chi connectivity index (χ3v) is 3.54. The molecule has 0 amide bonds. The zero-order valence-corrected chi connectivity index (χ0v) is 13.2. The van der Waals surface area contributed by atoms with Gasteiger partial charge in [-0.1, -0.05) is 29.4 Å². The second-order valence-corrected chi connectivity index (χ2v) is 5.50. The standard InChI is InChI=1S/C16H9F6N3O2/c17-15(18,19)11-5-6-12(26)25(8-11)7-9-1-3-10(4-2-9)13-23-14(27-24-13)16(20,21)22/h1-6,8H,7H2. The van der Waals surface area contributed by atoms with Crippen LogP contribution in [0.1, 0.15) is 17.0 Å². The van der Waals surface area contributed by atoms with E-state index in [0.717, 1.165) is 10.6 Å². The molecule has 0 aliphatic carbocycles. The Morgan fingerprint density at radius 2 is 1.59 bits per heavy atom. The first-order valence-electron chi connectivity index (χ1n) is 7.32. The lowest BCUT2D eigenvalue weighted by molar-refractivity contribution is -0.159. The predicted molar refractivity (Wildman–Crippen MR) is 79.5 cm³/mol. The second-order valence-electron chi connectivity index (χ2n) is 5.50. The van der Waals surface area contributed by atoms with Crippen molar-refractivity contribution < 1.29 is 30.9 Å². The number of halogens is 6. The van der Waals surface area contributed by atoms with Crippen molar-refractivity contribution in [3.05, 3.63) is 70.0 Å². The zero-order valence-electron chi connectivity index (χ0n) is 13.2. The molecule has 2 aromatic heterocycles. The van der Waals surface area contributed by atoms with Crippen molar-refractivity contribution >= 4 is 0 Å². The van der Waals surface area contributed by atoms with Crippen molar-refractivity contribution in [3.8, 4) is 11.4 Å². The monoisotopic (exact) mass is 389 g/mol. The van der Waals surface area contributed by atoms with E-state index in [1.54, 1.807) is 0 Å². The van der Waals surface area contributed by atoms with Crippen LogP contribution in [0.15, 0.2) is 51.9 Å². The summed E-state index contributed by atoms with van der Waals surface area (Å²) in [6.45, 7) is -0.150. The van der Waals surface area contributed by atoms with Crippen molar-refractivity contribution in [2.45, 2.75) is 18.9 Å². The van der Waals surface area contributed by atoms with Gasteiger partial charge >= 0.3 is 18.2 Å². The van der Waals surface area contributed by atoms with Gasteiger partial charge in [-0.2, -0.15) is 31.3 Å². The van der Waals surface area contributed by atoms with Crippen LogP contribution in [-0.4, -0.2) is 14.7 Å². The largest absolute Gasteiger partial charge is 0.471 e. The Kier molecular flexibility index (Phi) is 4.54. The lowest BCUT2D eigenvalue weighted by Crippen LogP contribution is -2.21. The first-order chi connectivity index (χ1) is 12.5. The van der Waals surface area contributed by atoms with Crippen LogP contribution in [0.4, 0.5) is 26.3 Å². The van der Waals surface area contributed by atoms with Crippen LogP contribution in [0.3, 0.4) is 0 Å². The number of rotatable bonds is 3. The number of hydrogen-bond acceptors (Lipinski definition) is 4. The minimum Gasteiger partial charge on any atom is -0.329 e. The van der Waals surface area contributed by atoms with Crippen LogP contribution in [0, 0.1) is 0 Å². The van der Waals surface area contributed by atoms with Crippen molar-refractivity contribution in [1.29, 1.82) is 0 Å². The van der Waals surface area contributed by atoms with Gasteiger partial charge in [-0.3, -0.25) is 4.79 Å². The number of aromatic nitrogens is 3. The lowest BCUT2D eigenvalue weighted by Gasteiger charge is -2.11. The number of benzene rings is 1. The van der Waals surface area contributed by atoms with Crippen molar-refractivity contribution in [2.24, 2.45) is 0 Å². The summed E-state index contributed by atoms with van der Waals surface area (Å²) in [5, 5.41) is 3.23. The van der Waals surface area contributed by atoms with Crippen LogP contribution in [0.2, 0.25) is 0 Å². The van der Waals surface area contributed by atoms with Gasteiger partial charge in [0.25, 0.3) is 5.56 Å². The van der Waals surface area contributed by atoms with Gasteiger partial charge < -0.3 is 9.09 Å². The van der Waals surface area contributed by atoms with E-state index in [2.05, 4.69) is 14.7 Å². The van der Waals surface area contributed by atoms with Crippen LogP contribution >= 0.6 is 0 Å². The molecule has 1 aromatic carbocycles. The van der Waals surface area contributed by atoms with E-state index in [-0.39, 0.29) is 17.9 Å². The molecular weight excluding hydrogens is 380 g/mol. The lowest BCUT2D eigenvalue weighted by atomic mass is 10.1. The Labute approximate surface area is 146 Å².